The van der Waals surface area contributed by atoms with E-state index >= 15 is 0 Å². The fraction of sp³-hybridized carbons (Fsp3) is 0.300. The van der Waals surface area contributed by atoms with Crippen LogP contribution in [-0.2, 0) is 19.7 Å². The Bertz CT molecular complexity index is 768. The van der Waals surface area contributed by atoms with Crippen molar-refractivity contribution in [2.75, 3.05) is 0 Å². The summed E-state index contributed by atoms with van der Waals surface area (Å²) in [6, 6.07) is 12.5. The molecule has 130 valence electrons. The largest absolute Gasteiger partial charge is 0.489 e. The summed E-state index contributed by atoms with van der Waals surface area (Å²) in [5.74, 6) is 0.876. The van der Waals surface area contributed by atoms with E-state index in [0.717, 1.165) is 24.4 Å². The van der Waals surface area contributed by atoms with Gasteiger partial charge in [0.1, 0.15) is 12.4 Å². The molecule has 0 unspecified atom stereocenters. The Kier molecular flexibility index (Phi) is 5.80. The second-order valence-corrected chi connectivity index (χ2v) is 6.31. The number of hydrogen-bond donors (Lipinski definition) is 1. The highest BCUT2D eigenvalue weighted by atomic mass is 16.5. The zero-order chi connectivity index (χ0) is 17.5. The van der Waals surface area contributed by atoms with Crippen molar-refractivity contribution in [1.29, 1.82) is 0 Å². The Labute approximate surface area is 148 Å². The predicted octanol–water partition coefficient (Wildman–Crippen LogP) is 3.34. The van der Waals surface area contributed by atoms with Gasteiger partial charge in [0.05, 0.1) is 12.7 Å². The minimum atomic E-state index is 0.349. The monoisotopic (exact) mass is 336 g/mol. The Hall–Kier alpha value is -2.66. The fourth-order valence-corrected chi connectivity index (χ4v) is 2.55. The summed E-state index contributed by atoms with van der Waals surface area (Å²) in [5.41, 5.74) is 3.54. The first-order valence-electron chi connectivity index (χ1n) is 8.52. The number of nitrogens with zero attached hydrogens (tertiary/aromatic N) is 3. The molecule has 3 aromatic rings. The highest BCUT2D eigenvalue weighted by Gasteiger charge is 2.04. The molecule has 2 aromatic heterocycles. The van der Waals surface area contributed by atoms with Gasteiger partial charge >= 0.3 is 0 Å². The van der Waals surface area contributed by atoms with Gasteiger partial charge in [0, 0.05) is 31.2 Å². The van der Waals surface area contributed by atoms with E-state index in [4.69, 9.17) is 4.74 Å². The smallest absolute Gasteiger partial charge is 0.119 e. The van der Waals surface area contributed by atoms with Gasteiger partial charge in [0.2, 0.25) is 0 Å². The Morgan fingerprint density at radius 1 is 1.08 bits per heavy atom. The molecule has 0 saturated heterocycles. The van der Waals surface area contributed by atoms with Crippen molar-refractivity contribution in [3.05, 3.63) is 77.9 Å². The first kappa shape index (κ1) is 17.2. The zero-order valence-corrected chi connectivity index (χ0v) is 14.7. The Morgan fingerprint density at radius 2 is 1.84 bits per heavy atom. The molecule has 1 atom stereocenters. The number of rotatable bonds is 8. The minimum absolute atomic E-state index is 0.349. The SMILES string of the molecule is Cc1cnn(C[C@@H](C)NCc2ccc(OCc3ccncc3)cc2)c1. The molecule has 0 radical (unpaired) electrons. The molecular formula is C20H24N4O. The first-order chi connectivity index (χ1) is 12.2. The third kappa shape index (κ3) is 5.43. The van der Waals surface area contributed by atoms with Crippen molar-refractivity contribution in [3.8, 4) is 5.75 Å². The van der Waals surface area contributed by atoms with E-state index in [-0.39, 0.29) is 0 Å². The van der Waals surface area contributed by atoms with Gasteiger partial charge in [-0.1, -0.05) is 12.1 Å². The Morgan fingerprint density at radius 3 is 2.52 bits per heavy atom. The van der Waals surface area contributed by atoms with Gasteiger partial charge < -0.3 is 10.1 Å². The molecule has 1 aromatic carbocycles. The van der Waals surface area contributed by atoms with Gasteiger partial charge in [-0.2, -0.15) is 5.10 Å². The average molecular weight is 336 g/mol. The molecule has 5 nitrogen and oxygen atoms in total. The van der Waals surface area contributed by atoms with Crippen LogP contribution in [0.25, 0.3) is 0 Å². The summed E-state index contributed by atoms with van der Waals surface area (Å²) in [6.07, 6.45) is 7.50. The third-order valence-electron chi connectivity index (χ3n) is 3.96. The quantitative estimate of drug-likeness (QED) is 0.685. The number of benzene rings is 1. The lowest BCUT2D eigenvalue weighted by Crippen LogP contribution is -2.30. The van der Waals surface area contributed by atoms with Crippen LogP contribution in [0.1, 0.15) is 23.6 Å². The molecule has 0 amide bonds. The summed E-state index contributed by atoms with van der Waals surface area (Å²) in [4.78, 5) is 4.01. The number of aryl methyl sites for hydroxylation is 1. The lowest BCUT2D eigenvalue weighted by atomic mass is 10.2. The summed E-state index contributed by atoms with van der Waals surface area (Å²) < 4.78 is 7.77. The van der Waals surface area contributed by atoms with Crippen molar-refractivity contribution >= 4 is 0 Å². The topological polar surface area (TPSA) is 52.0 Å². The molecule has 0 bridgehead atoms. The highest BCUT2D eigenvalue weighted by molar-refractivity contribution is 5.27. The van der Waals surface area contributed by atoms with Gasteiger partial charge in [-0.3, -0.25) is 9.67 Å². The van der Waals surface area contributed by atoms with Crippen LogP contribution in [0, 0.1) is 6.92 Å². The minimum Gasteiger partial charge on any atom is -0.489 e. The average Bonchev–Trinajstić information content (AvgIpc) is 3.04. The fourth-order valence-electron chi connectivity index (χ4n) is 2.55. The third-order valence-corrected chi connectivity index (χ3v) is 3.96. The van der Waals surface area contributed by atoms with Gasteiger partial charge in [0.15, 0.2) is 0 Å². The number of ether oxygens (including phenoxy) is 1. The van der Waals surface area contributed by atoms with E-state index in [0.29, 0.717) is 12.6 Å². The second kappa shape index (κ2) is 8.44. The van der Waals surface area contributed by atoms with Crippen molar-refractivity contribution in [2.24, 2.45) is 0 Å². The molecule has 0 saturated carbocycles. The molecule has 0 fully saturated rings. The summed E-state index contributed by atoms with van der Waals surface area (Å²) in [7, 11) is 0. The zero-order valence-electron chi connectivity index (χ0n) is 14.7. The van der Waals surface area contributed by atoms with Crippen LogP contribution in [0.4, 0.5) is 0 Å². The van der Waals surface area contributed by atoms with Crippen LogP contribution in [0.5, 0.6) is 5.75 Å². The maximum absolute atomic E-state index is 5.79. The summed E-state index contributed by atoms with van der Waals surface area (Å²) >= 11 is 0. The Balaban J connectivity index is 1.44. The van der Waals surface area contributed by atoms with E-state index < -0.39 is 0 Å². The molecule has 0 aliphatic rings. The van der Waals surface area contributed by atoms with Crippen molar-refractivity contribution in [2.45, 2.75) is 39.6 Å². The van der Waals surface area contributed by atoms with E-state index in [2.05, 4.69) is 47.6 Å². The highest BCUT2D eigenvalue weighted by Crippen LogP contribution is 2.14. The van der Waals surface area contributed by atoms with Crippen LogP contribution >= 0.6 is 0 Å². The number of pyridine rings is 1. The molecule has 1 N–H and O–H groups in total. The van der Waals surface area contributed by atoms with E-state index in [1.807, 2.05) is 35.1 Å². The molecule has 0 aliphatic carbocycles. The molecule has 0 spiro atoms. The summed E-state index contributed by atoms with van der Waals surface area (Å²) in [6.45, 7) is 6.47. The number of aromatic nitrogens is 3. The molecule has 25 heavy (non-hydrogen) atoms. The molecular weight excluding hydrogens is 312 g/mol. The predicted molar refractivity (Wildman–Crippen MR) is 98.3 cm³/mol. The summed E-state index contributed by atoms with van der Waals surface area (Å²) in [5, 5.41) is 7.85. The van der Waals surface area contributed by atoms with Crippen LogP contribution in [0.15, 0.2) is 61.2 Å². The van der Waals surface area contributed by atoms with Gasteiger partial charge in [-0.05, 0) is 54.8 Å². The molecule has 2 heterocycles. The lowest BCUT2D eigenvalue weighted by molar-refractivity contribution is 0.306. The van der Waals surface area contributed by atoms with Crippen LogP contribution < -0.4 is 10.1 Å². The molecule has 5 heteroatoms. The number of nitrogens with one attached hydrogen (secondary N) is 1. The van der Waals surface area contributed by atoms with Crippen molar-refractivity contribution in [1.82, 2.24) is 20.1 Å². The van der Waals surface area contributed by atoms with Gasteiger partial charge in [-0.15, -0.1) is 0 Å². The van der Waals surface area contributed by atoms with Crippen LogP contribution in [0.3, 0.4) is 0 Å². The molecule has 0 aliphatic heterocycles. The molecule has 3 rings (SSSR count). The van der Waals surface area contributed by atoms with E-state index in [1.54, 1.807) is 12.4 Å². The first-order valence-corrected chi connectivity index (χ1v) is 8.52. The van der Waals surface area contributed by atoms with Gasteiger partial charge in [-0.25, -0.2) is 0 Å². The van der Waals surface area contributed by atoms with Gasteiger partial charge in [0.25, 0.3) is 0 Å². The maximum Gasteiger partial charge on any atom is 0.119 e. The van der Waals surface area contributed by atoms with Crippen molar-refractivity contribution < 1.29 is 4.74 Å². The van der Waals surface area contributed by atoms with E-state index in [1.165, 1.54) is 11.1 Å². The maximum atomic E-state index is 5.79. The van der Waals surface area contributed by atoms with E-state index in [9.17, 15) is 0 Å². The van der Waals surface area contributed by atoms with Crippen molar-refractivity contribution in [3.63, 3.8) is 0 Å². The van der Waals surface area contributed by atoms with Crippen LogP contribution in [0.2, 0.25) is 0 Å². The standard InChI is InChI=1S/C20H24N4O/c1-16-11-23-24(13-16)14-17(2)22-12-18-3-5-20(6-4-18)25-15-19-7-9-21-10-8-19/h3-11,13,17,22H,12,14-15H2,1-2H3/t17-/m1/s1. The number of hydrogen-bond acceptors (Lipinski definition) is 4. The second-order valence-electron chi connectivity index (χ2n) is 6.31. The normalized spacial score (nSPS) is 12.1. The lowest BCUT2D eigenvalue weighted by Gasteiger charge is -2.14. The van der Waals surface area contributed by atoms with Crippen LogP contribution in [-0.4, -0.2) is 20.8 Å².